The van der Waals surface area contributed by atoms with E-state index in [1.165, 1.54) is 18.4 Å². The summed E-state index contributed by atoms with van der Waals surface area (Å²) < 4.78 is 5.14. The molecule has 1 saturated carbocycles. The molecule has 2 rings (SSSR count). The summed E-state index contributed by atoms with van der Waals surface area (Å²) in [6.07, 6.45) is 8.57. The summed E-state index contributed by atoms with van der Waals surface area (Å²) in [5.41, 5.74) is 1.31. The van der Waals surface area contributed by atoms with Crippen molar-refractivity contribution in [3.05, 3.63) is 29.8 Å². The zero-order chi connectivity index (χ0) is 14.2. The van der Waals surface area contributed by atoms with E-state index in [-0.39, 0.29) is 5.91 Å². The van der Waals surface area contributed by atoms with Crippen LogP contribution in [0.5, 0.6) is 5.75 Å². The van der Waals surface area contributed by atoms with Crippen molar-refractivity contribution in [2.24, 2.45) is 0 Å². The quantitative estimate of drug-likeness (QED) is 0.774. The molecule has 0 radical (unpaired) electrons. The van der Waals surface area contributed by atoms with Gasteiger partial charge in [0.15, 0.2) is 0 Å². The number of hydrogen-bond donors (Lipinski definition) is 1. The van der Waals surface area contributed by atoms with E-state index in [0.29, 0.717) is 12.5 Å². The number of carbonyl (C=O) groups excluding carboxylic acids is 1. The van der Waals surface area contributed by atoms with Crippen LogP contribution >= 0.6 is 0 Å². The van der Waals surface area contributed by atoms with Crippen LogP contribution in [0.15, 0.2) is 24.3 Å². The van der Waals surface area contributed by atoms with E-state index in [9.17, 15) is 4.79 Å². The third-order valence-corrected chi connectivity index (χ3v) is 4.00. The van der Waals surface area contributed by atoms with Gasteiger partial charge in [-0.1, -0.05) is 25.0 Å². The molecule has 0 bridgehead atoms. The van der Waals surface area contributed by atoms with Crippen LogP contribution in [0.2, 0.25) is 0 Å². The molecule has 0 atom stereocenters. The first-order valence-corrected chi connectivity index (χ1v) is 7.70. The van der Waals surface area contributed by atoms with Crippen molar-refractivity contribution in [1.29, 1.82) is 0 Å². The van der Waals surface area contributed by atoms with Crippen molar-refractivity contribution in [3.8, 4) is 5.75 Å². The molecule has 0 aromatic heterocycles. The van der Waals surface area contributed by atoms with E-state index in [1.807, 2.05) is 12.1 Å². The highest BCUT2D eigenvalue weighted by atomic mass is 16.5. The lowest BCUT2D eigenvalue weighted by atomic mass is 10.1. The minimum Gasteiger partial charge on any atom is -0.497 e. The van der Waals surface area contributed by atoms with Crippen molar-refractivity contribution >= 4 is 5.91 Å². The zero-order valence-corrected chi connectivity index (χ0v) is 12.4. The van der Waals surface area contributed by atoms with Crippen molar-refractivity contribution in [2.75, 3.05) is 7.11 Å². The smallest absolute Gasteiger partial charge is 0.220 e. The van der Waals surface area contributed by atoms with Gasteiger partial charge in [0.1, 0.15) is 5.75 Å². The van der Waals surface area contributed by atoms with Gasteiger partial charge < -0.3 is 10.1 Å². The Labute approximate surface area is 121 Å². The average molecular weight is 275 g/mol. The average Bonchev–Trinajstić information content (AvgIpc) is 2.97. The van der Waals surface area contributed by atoms with Gasteiger partial charge in [0.05, 0.1) is 7.11 Å². The molecule has 110 valence electrons. The lowest BCUT2D eigenvalue weighted by Gasteiger charge is -2.11. The normalized spacial score (nSPS) is 15.2. The van der Waals surface area contributed by atoms with Gasteiger partial charge in [0, 0.05) is 12.5 Å². The number of carbonyl (C=O) groups is 1. The summed E-state index contributed by atoms with van der Waals surface area (Å²) in [7, 11) is 1.68. The fourth-order valence-corrected chi connectivity index (χ4v) is 2.78. The number of rotatable bonds is 7. The van der Waals surface area contributed by atoms with Gasteiger partial charge in [-0.15, -0.1) is 0 Å². The van der Waals surface area contributed by atoms with Crippen LogP contribution < -0.4 is 10.1 Å². The van der Waals surface area contributed by atoms with Gasteiger partial charge in [-0.25, -0.2) is 0 Å². The lowest BCUT2D eigenvalue weighted by molar-refractivity contribution is -0.121. The third-order valence-electron chi connectivity index (χ3n) is 4.00. The molecule has 1 aliphatic rings. The maximum absolute atomic E-state index is 11.8. The van der Waals surface area contributed by atoms with E-state index in [1.54, 1.807) is 7.11 Å². The van der Waals surface area contributed by atoms with Crippen LogP contribution in [0.25, 0.3) is 0 Å². The molecule has 3 heteroatoms. The van der Waals surface area contributed by atoms with Gasteiger partial charge in [-0.05, 0) is 49.8 Å². The molecule has 0 saturated heterocycles. The number of methoxy groups -OCH3 is 1. The molecule has 0 unspecified atom stereocenters. The highest BCUT2D eigenvalue weighted by Crippen LogP contribution is 2.18. The molecule has 1 aromatic rings. The largest absolute Gasteiger partial charge is 0.497 e. The first-order valence-electron chi connectivity index (χ1n) is 7.70. The van der Waals surface area contributed by atoms with Gasteiger partial charge in [-0.3, -0.25) is 4.79 Å². The van der Waals surface area contributed by atoms with Crippen LogP contribution in [-0.2, 0) is 11.2 Å². The number of ether oxygens (including phenoxy) is 1. The van der Waals surface area contributed by atoms with E-state index >= 15 is 0 Å². The molecule has 1 amide bonds. The van der Waals surface area contributed by atoms with Crippen molar-refractivity contribution in [1.82, 2.24) is 5.32 Å². The summed E-state index contributed by atoms with van der Waals surface area (Å²) in [5.74, 6) is 1.12. The van der Waals surface area contributed by atoms with E-state index in [4.69, 9.17) is 4.74 Å². The molecule has 0 heterocycles. The number of hydrogen-bond acceptors (Lipinski definition) is 2. The second-order valence-corrected chi connectivity index (χ2v) is 5.60. The van der Waals surface area contributed by atoms with E-state index in [0.717, 1.165) is 37.9 Å². The van der Waals surface area contributed by atoms with Crippen molar-refractivity contribution in [2.45, 2.75) is 57.4 Å². The molecule has 1 fully saturated rings. The second kappa shape index (κ2) is 7.93. The highest BCUT2D eigenvalue weighted by Gasteiger charge is 2.16. The molecule has 0 spiro atoms. The summed E-state index contributed by atoms with van der Waals surface area (Å²) >= 11 is 0. The molecule has 20 heavy (non-hydrogen) atoms. The SMILES string of the molecule is COc1ccc(CCCCC(=O)NC2CCCC2)cc1. The maximum atomic E-state index is 11.8. The first kappa shape index (κ1) is 14.9. The van der Waals surface area contributed by atoms with Gasteiger partial charge >= 0.3 is 0 Å². The standard InChI is InChI=1S/C17H25NO2/c1-20-16-12-10-14(11-13-16)6-2-5-9-17(19)18-15-7-3-4-8-15/h10-13,15H,2-9H2,1H3,(H,18,19). The summed E-state index contributed by atoms with van der Waals surface area (Å²) in [5, 5.41) is 3.14. The van der Waals surface area contributed by atoms with Crippen LogP contribution in [0.3, 0.4) is 0 Å². The molecule has 3 nitrogen and oxygen atoms in total. The molecular formula is C17H25NO2. The first-order chi connectivity index (χ1) is 9.78. The van der Waals surface area contributed by atoms with Crippen LogP contribution in [0, 0.1) is 0 Å². The molecule has 1 aromatic carbocycles. The predicted molar refractivity (Wildman–Crippen MR) is 80.9 cm³/mol. The highest BCUT2D eigenvalue weighted by molar-refractivity contribution is 5.76. The van der Waals surface area contributed by atoms with Gasteiger partial charge in [0.2, 0.25) is 5.91 Å². The Bertz CT molecular complexity index is 408. The topological polar surface area (TPSA) is 38.3 Å². The fourth-order valence-electron chi connectivity index (χ4n) is 2.78. The van der Waals surface area contributed by atoms with Gasteiger partial charge in [-0.2, -0.15) is 0 Å². The number of nitrogens with one attached hydrogen (secondary N) is 1. The second-order valence-electron chi connectivity index (χ2n) is 5.60. The van der Waals surface area contributed by atoms with Crippen LogP contribution in [0.4, 0.5) is 0 Å². The van der Waals surface area contributed by atoms with Crippen molar-refractivity contribution < 1.29 is 9.53 Å². The predicted octanol–water partition coefficient (Wildman–Crippen LogP) is 3.47. The Kier molecular flexibility index (Phi) is 5.90. The number of unbranched alkanes of at least 4 members (excludes halogenated alkanes) is 1. The van der Waals surface area contributed by atoms with E-state index in [2.05, 4.69) is 17.4 Å². The third kappa shape index (κ3) is 4.87. The number of aryl methyl sites for hydroxylation is 1. The molecule has 1 N–H and O–H groups in total. The van der Waals surface area contributed by atoms with Crippen molar-refractivity contribution in [3.63, 3.8) is 0 Å². The van der Waals surface area contributed by atoms with Gasteiger partial charge in [0.25, 0.3) is 0 Å². The zero-order valence-electron chi connectivity index (χ0n) is 12.4. The maximum Gasteiger partial charge on any atom is 0.220 e. The minimum absolute atomic E-state index is 0.228. The summed E-state index contributed by atoms with van der Waals surface area (Å²) in [6, 6.07) is 8.61. The van der Waals surface area contributed by atoms with Crippen LogP contribution in [-0.4, -0.2) is 19.1 Å². The number of benzene rings is 1. The number of amides is 1. The Morgan fingerprint density at radius 1 is 1.20 bits per heavy atom. The van der Waals surface area contributed by atoms with Crippen LogP contribution in [0.1, 0.15) is 50.5 Å². The Morgan fingerprint density at radius 2 is 1.90 bits per heavy atom. The molecule has 1 aliphatic carbocycles. The minimum atomic E-state index is 0.228. The van der Waals surface area contributed by atoms with E-state index < -0.39 is 0 Å². The molecular weight excluding hydrogens is 250 g/mol. The Balaban J connectivity index is 1.59. The fraction of sp³-hybridized carbons (Fsp3) is 0.588. The molecule has 0 aliphatic heterocycles. The monoisotopic (exact) mass is 275 g/mol. The lowest BCUT2D eigenvalue weighted by Crippen LogP contribution is -2.32. The Hall–Kier alpha value is -1.51. The summed E-state index contributed by atoms with van der Waals surface area (Å²) in [4.78, 5) is 11.8. The summed E-state index contributed by atoms with van der Waals surface area (Å²) in [6.45, 7) is 0. The Morgan fingerprint density at radius 3 is 2.55 bits per heavy atom.